The molecule has 1 fully saturated rings. The number of nitrogens with zero attached hydrogens (tertiary/aromatic N) is 7. The summed E-state index contributed by atoms with van der Waals surface area (Å²) >= 11 is 0. The Morgan fingerprint density at radius 1 is 0.900 bits per heavy atom. The predicted molar refractivity (Wildman–Crippen MR) is 113 cm³/mol. The van der Waals surface area contributed by atoms with Crippen molar-refractivity contribution in [3.8, 4) is 0 Å². The van der Waals surface area contributed by atoms with Crippen molar-refractivity contribution < 1.29 is 4.79 Å². The van der Waals surface area contributed by atoms with Crippen LogP contribution in [0.5, 0.6) is 0 Å². The normalized spacial score (nSPS) is 14.1. The number of H-pyrrole nitrogens is 1. The molecule has 1 saturated heterocycles. The third-order valence-corrected chi connectivity index (χ3v) is 4.94. The highest BCUT2D eigenvalue weighted by molar-refractivity contribution is 6.05. The lowest BCUT2D eigenvalue weighted by molar-refractivity contribution is 0.102. The summed E-state index contributed by atoms with van der Waals surface area (Å²) in [6, 6.07) is 7.59. The standard InChI is InChI=1S/C20H19N9O/c30-19(16-11-15-18(27-16)23-6-5-21-15)26-14-12-24-20(25-13-14)29-9-7-28(8-10-29)17-3-1-2-4-22-17/h1-6,11-13H,7-10H2,(H,23,27)(H,26,30). The van der Waals surface area contributed by atoms with Gasteiger partial charge < -0.3 is 20.1 Å². The molecule has 0 atom stereocenters. The predicted octanol–water partition coefficient (Wildman–Crippen LogP) is 1.72. The van der Waals surface area contributed by atoms with Crippen molar-refractivity contribution in [3.63, 3.8) is 0 Å². The van der Waals surface area contributed by atoms with Crippen LogP contribution in [0.25, 0.3) is 11.2 Å². The zero-order chi connectivity index (χ0) is 20.3. The first-order valence-corrected chi connectivity index (χ1v) is 9.60. The summed E-state index contributed by atoms with van der Waals surface area (Å²) in [5.41, 5.74) is 2.11. The molecule has 10 nitrogen and oxygen atoms in total. The quantitative estimate of drug-likeness (QED) is 0.531. The molecule has 150 valence electrons. The molecular weight excluding hydrogens is 382 g/mol. The lowest BCUT2D eigenvalue weighted by atomic mass is 10.3. The van der Waals surface area contributed by atoms with Gasteiger partial charge in [0.25, 0.3) is 5.91 Å². The average Bonchev–Trinajstić information content (AvgIpc) is 3.25. The third kappa shape index (κ3) is 3.62. The number of fused-ring (bicyclic) bond motifs is 1. The van der Waals surface area contributed by atoms with Crippen molar-refractivity contribution in [2.45, 2.75) is 0 Å². The van der Waals surface area contributed by atoms with E-state index in [4.69, 9.17) is 0 Å². The fourth-order valence-electron chi connectivity index (χ4n) is 3.40. The lowest BCUT2D eigenvalue weighted by Crippen LogP contribution is -2.47. The smallest absolute Gasteiger partial charge is 0.272 e. The van der Waals surface area contributed by atoms with Crippen LogP contribution < -0.4 is 15.1 Å². The second kappa shape index (κ2) is 7.74. The van der Waals surface area contributed by atoms with E-state index >= 15 is 0 Å². The second-order valence-corrected chi connectivity index (χ2v) is 6.86. The highest BCUT2D eigenvalue weighted by Crippen LogP contribution is 2.17. The molecule has 5 heterocycles. The molecule has 30 heavy (non-hydrogen) atoms. The minimum atomic E-state index is -0.296. The SMILES string of the molecule is O=C(Nc1cnc(N2CCN(c3ccccn3)CC2)nc1)c1cc2nccnc2[nH]1. The molecule has 0 bridgehead atoms. The van der Waals surface area contributed by atoms with Gasteiger partial charge in [0.1, 0.15) is 17.0 Å². The number of aromatic nitrogens is 6. The first-order valence-electron chi connectivity index (χ1n) is 9.60. The molecule has 0 saturated carbocycles. The Bertz CT molecular complexity index is 1120. The van der Waals surface area contributed by atoms with Crippen molar-refractivity contribution in [2.24, 2.45) is 0 Å². The van der Waals surface area contributed by atoms with Crippen LogP contribution in [0.1, 0.15) is 10.5 Å². The van der Waals surface area contributed by atoms with E-state index in [-0.39, 0.29) is 5.91 Å². The van der Waals surface area contributed by atoms with Gasteiger partial charge in [0.2, 0.25) is 5.95 Å². The van der Waals surface area contributed by atoms with E-state index in [1.807, 2.05) is 18.2 Å². The van der Waals surface area contributed by atoms with Gasteiger partial charge in [-0.15, -0.1) is 0 Å². The minimum Gasteiger partial charge on any atom is -0.353 e. The van der Waals surface area contributed by atoms with E-state index in [0.29, 0.717) is 28.5 Å². The van der Waals surface area contributed by atoms with Gasteiger partial charge in [0, 0.05) is 44.8 Å². The molecule has 1 aliphatic rings. The maximum Gasteiger partial charge on any atom is 0.272 e. The summed E-state index contributed by atoms with van der Waals surface area (Å²) in [5.74, 6) is 1.33. The van der Waals surface area contributed by atoms with Gasteiger partial charge in [-0.2, -0.15) is 0 Å². The summed E-state index contributed by atoms with van der Waals surface area (Å²) in [5, 5.41) is 2.79. The Hall–Kier alpha value is -4.08. The summed E-state index contributed by atoms with van der Waals surface area (Å²) in [6.45, 7) is 3.30. The van der Waals surface area contributed by atoms with Gasteiger partial charge in [-0.05, 0) is 18.2 Å². The van der Waals surface area contributed by atoms with E-state index in [9.17, 15) is 4.79 Å². The number of hydrogen-bond donors (Lipinski definition) is 2. The summed E-state index contributed by atoms with van der Waals surface area (Å²) in [6.07, 6.45) is 8.19. The summed E-state index contributed by atoms with van der Waals surface area (Å²) in [7, 11) is 0. The molecule has 5 rings (SSSR count). The van der Waals surface area contributed by atoms with Gasteiger partial charge in [-0.1, -0.05) is 6.07 Å². The molecule has 0 spiro atoms. The van der Waals surface area contributed by atoms with Crippen LogP contribution in [0.3, 0.4) is 0 Å². The molecule has 4 aromatic heterocycles. The van der Waals surface area contributed by atoms with E-state index < -0.39 is 0 Å². The number of amides is 1. The Morgan fingerprint density at radius 3 is 2.40 bits per heavy atom. The maximum absolute atomic E-state index is 12.5. The molecule has 1 amide bonds. The monoisotopic (exact) mass is 401 g/mol. The van der Waals surface area contributed by atoms with Crippen molar-refractivity contribution in [2.75, 3.05) is 41.3 Å². The van der Waals surface area contributed by atoms with Gasteiger partial charge >= 0.3 is 0 Å². The van der Waals surface area contributed by atoms with Gasteiger partial charge in [0.15, 0.2) is 5.65 Å². The summed E-state index contributed by atoms with van der Waals surface area (Å²) < 4.78 is 0. The molecule has 4 aromatic rings. The molecule has 10 heteroatoms. The van der Waals surface area contributed by atoms with Gasteiger partial charge in [-0.3, -0.25) is 9.78 Å². The molecule has 0 radical (unpaired) electrons. The van der Waals surface area contributed by atoms with E-state index in [1.165, 1.54) is 0 Å². The van der Waals surface area contributed by atoms with Crippen LogP contribution >= 0.6 is 0 Å². The number of anilines is 3. The van der Waals surface area contributed by atoms with Crippen molar-refractivity contribution in [3.05, 3.63) is 60.9 Å². The van der Waals surface area contributed by atoms with Crippen molar-refractivity contribution in [1.29, 1.82) is 0 Å². The molecule has 2 N–H and O–H groups in total. The molecule has 1 aliphatic heterocycles. The molecule has 0 aromatic carbocycles. The number of pyridine rings is 1. The number of hydrogen-bond acceptors (Lipinski definition) is 8. The topological polar surface area (TPSA) is 116 Å². The van der Waals surface area contributed by atoms with Crippen molar-refractivity contribution >= 4 is 34.5 Å². The van der Waals surface area contributed by atoms with Crippen LogP contribution in [-0.4, -0.2) is 62.0 Å². The van der Waals surface area contributed by atoms with Gasteiger partial charge in [0.05, 0.1) is 18.1 Å². The zero-order valence-electron chi connectivity index (χ0n) is 16.1. The fraction of sp³-hybridized carbons (Fsp3) is 0.200. The largest absolute Gasteiger partial charge is 0.353 e. The minimum absolute atomic E-state index is 0.296. The van der Waals surface area contributed by atoms with Crippen LogP contribution in [0.15, 0.2) is 55.2 Å². The maximum atomic E-state index is 12.5. The lowest BCUT2D eigenvalue weighted by Gasteiger charge is -2.35. The molecule has 0 unspecified atom stereocenters. The Morgan fingerprint density at radius 2 is 1.67 bits per heavy atom. The number of nitrogens with one attached hydrogen (secondary N) is 2. The second-order valence-electron chi connectivity index (χ2n) is 6.86. The van der Waals surface area contributed by atoms with Crippen LogP contribution in [0.4, 0.5) is 17.5 Å². The zero-order valence-corrected chi connectivity index (χ0v) is 16.1. The van der Waals surface area contributed by atoms with Crippen molar-refractivity contribution in [1.82, 2.24) is 29.9 Å². The summed E-state index contributed by atoms with van der Waals surface area (Å²) in [4.78, 5) is 41.3. The molecular formula is C20H19N9O. The highest BCUT2D eigenvalue weighted by atomic mass is 16.1. The van der Waals surface area contributed by atoms with E-state index in [2.05, 4.69) is 45.0 Å². The number of rotatable bonds is 4. The van der Waals surface area contributed by atoms with E-state index in [0.717, 1.165) is 32.0 Å². The Kier molecular flexibility index (Phi) is 4.64. The first-order chi connectivity index (χ1) is 14.8. The highest BCUT2D eigenvalue weighted by Gasteiger charge is 2.20. The Labute approximate surface area is 172 Å². The fourth-order valence-corrected chi connectivity index (χ4v) is 3.40. The average molecular weight is 401 g/mol. The third-order valence-electron chi connectivity index (χ3n) is 4.94. The number of carbonyl (C=O) groups excluding carboxylic acids is 1. The van der Waals surface area contributed by atoms with E-state index in [1.54, 1.807) is 37.1 Å². The van der Waals surface area contributed by atoms with Gasteiger partial charge in [-0.25, -0.2) is 19.9 Å². The molecule has 0 aliphatic carbocycles. The first kappa shape index (κ1) is 18.0. The van der Waals surface area contributed by atoms with Crippen LogP contribution in [0.2, 0.25) is 0 Å². The van der Waals surface area contributed by atoms with Crippen LogP contribution in [-0.2, 0) is 0 Å². The number of aromatic amines is 1. The number of piperazine rings is 1. The van der Waals surface area contributed by atoms with Crippen LogP contribution in [0, 0.1) is 0 Å². The number of carbonyl (C=O) groups is 1. The Balaban J connectivity index is 1.21.